The summed E-state index contributed by atoms with van der Waals surface area (Å²) in [4.78, 5) is 11.9. The number of rotatable bonds is 3. The first-order valence-electron chi connectivity index (χ1n) is 5.97. The molecule has 4 nitrogen and oxygen atoms in total. The zero-order valence-corrected chi connectivity index (χ0v) is 9.82. The summed E-state index contributed by atoms with van der Waals surface area (Å²) in [5, 5.41) is 3.02. The summed E-state index contributed by atoms with van der Waals surface area (Å²) in [6.07, 6.45) is 1.79. The van der Waals surface area contributed by atoms with Crippen LogP contribution in [-0.4, -0.2) is 25.2 Å². The van der Waals surface area contributed by atoms with Gasteiger partial charge in [-0.1, -0.05) is 12.1 Å². The summed E-state index contributed by atoms with van der Waals surface area (Å²) in [5.41, 5.74) is 7.23. The number of hydrogen-bond donors (Lipinski definition) is 2. The lowest BCUT2D eigenvalue weighted by Crippen LogP contribution is -2.38. The first-order valence-corrected chi connectivity index (χ1v) is 5.97. The quantitative estimate of drug-likeness (QED) is 0.821. The summed E-state index contributed by atoms with van der Waals surface area (Å²) in [5.74, 6) is -0.0135. The lowest BCUT2D eigenvalue weighted by atomic mass is 10.1. The Hall–Kier alpha value is -1.39. The van der Waals surface area contributed by atoms with Crippen molar-refractivity contribution in [3.05, 3.63) is 35.4 Å². The van der Waals surface area contributed by atoms with E-state index >= 15 is 0 Å². The Labute approximate surface area is 101 Å². The normalized spacial score (nSPS) is 16.8. The van der Waals surface area contributed by atoms with Crippen LogP contribution >= 0.6 is 0 Å². The van der Waals surface area contributed by atoms with Gasteiger partial charge in [-0.05, 0) is 30.5 Å². The second kappa shape index (κ2) is 5.80. The van der Waals surface area contributed by atoms with Crippen LogP contribution in [0.1, 0.15) is 28.8 Å². The van der Waals surface area contributed by atoms with Crippen LogP contribution in [0.2, 0.25) is 0 Å². The summed E-state index contributed by atoms with van der Waals surface area (Å²) >= 11 is 0. The van der Waals surface area contributed by atoms with Gasteiger partial charge in [-0.25, -0.2) is 0 Å². The fourth-order valence-corrected chi connectivity index (χ4v) is 1.90. The van der Waals surface area contributed by atoms with Crippen LogP contribution in [-0.2, 0) is 11.3 Å². The van der Waals surface area contributed by atoms with E-state index in [-0.39, 0.29) is 11.9 Å². The van der Waals surface area contributed by atoms with Crippen molar-refractivity contribution in [3.8, 4) is 0 Å². The molecule has 4 heteroatoms. The van der Waals surface area contributed by atoms with Crippen molar-refractivity contribution in [1.29, 1.82) is 0 Å². The third kappa shape index (κ3) is 3.28. The number of carbonyl (C=O) groups is 1. The zero-order valence-electron chi connectivity index (χ0n) is 9.82. The molecule has 1 aromatic carbocycles. The van der Waals surface area contributed by atoms with Crippen LogP contribution in [0.3, 0.4) is 0 Å². The van der Waals surface area contributed by atoms with Crippen LogP contribution in [0.5, 0.6) is 0 Å². The molecule has 0 spiro atoms. The van der Waals surface area contributed by atoms with Crippen molar-refractivity contribution in [3.63, 3.8) is 0 Å². The zero-order chi connectivity index (χ0) is 12.1. The maximum absolute atomic E-state index is 11.9. The van der Waals surface area contributed by atoms with Gasteiger partial charge >= 0.3 is 0 Å². The molecule has 1 aliphatic rings. The average molecular weight is 234 g/mol. The highest BCUT2D eigenvalue weighted by Crippen LogP contribution is 2.09. The number of carbonyl (C=O) groups excluding carboxylic acids is 1. The molecule has 0 unspecified atom stereocenters. The smallest absolute Gasteiger partial charge is 0.251 e. The molecular weight excluding hydrogens is 216 g/mol. The molecule has 1 aliphatic heterocycles. The Morgan fingerprint density at radius 2 is 1.94 bits per heavy atom. The highest BCUT2D eigenvalue weighted by molar-refractivity contribution is 5.94. The lowest BCUT2D eigenvalue weighted by Gasteiger charge is -2.23. The van der Waals surface area contributed by atoms with Gasteiger partial charge in [0.15, 0.2) is 0 Å². The van der Waals surface area contributed by atoms with Crippen molar-refractivity contribution < 1.29 is 9.53 Å². The Balaban J connectivity index is 1.93. The van der Waals surface area contributed by atoms with Crippen LogP contribution in [0.25, 0.3) is 0 Å². The van der Waals surface area contributed by atoms with Crippen molar-refractivity contribution in [2.75, 3.05) is 13.2 Å². The van der Waals surface area contributed by atoms with Gasteiger partial charge < -0.3 is 15.8 Å². The predicted octanol–water partition coefficient (Wildman–Crippen LogP) is 1.05. The van der Waals surface area contributed by atoms with Gasteiger partial charge in [0.25, 0.3) is 5.91 Å². The summed E-state index contributed by atoms with van der Waals surface area (Å²) < 4.78 is 5.25. The molecular formula is C13H18N2O2. The molecule has 1 saturated heterocycles. The van der Waals surface area contributed by atoms with Gasteiger partial charge in [0.2, 0.25) is 0 Å². The molecule has 0 bridgehead atoms. The molecule has 0 radical (unpaired) electrons. The number of ether oxygens (including phenoxy) is 1. The van der Waals surface area contributed by atoms with E-state index in [9.17, 15) is 4.79 Å². The predicted molar refractivity (Wildman–Crippen MR) is 65.6 cm³/mol. The first kappa shape index (κ1) is 12.1. The lowest BCUT2D eigenvalue weighted by molar-refractivity contribution is 0.0696. The first-order chi connectivity index (χ1) is 8.29. The van der Waals surface area contributed by atoms with Crippen LogP contribution in [0.15, 0.2) is 24.3 Å². The van der Waals surface area contributed by atoms with E-state index in [0.717, 1.165) is 31.6 Å². The van der Waals surface area contributed by atoms with Gasteiger partial charge in [-0.2, -0.15) is 0 Å². The Morgan fingerprint density at radius 1 is 1.29 bits per heavy atom. The number of hydrogen-bond acceptors (Lipinski definition) is 3. The number of benzene rings is 1. The summed E-state index contributed by atoms with van der Waals surface area (Å²) in [7, 11) is 0. The second-order valence-corrected chi connectivity index (χ2v) is 4.26. The molecule has 0 atom stereocenters. The maximum Gasteiger partial charge on any atom is 0.251 e. The molecule has 1 heterocycles. The van der Waals surface area contributed by atoms with Crippen molar-refractivity contribution in [1.82, 2.24) is 5.32 Å². The fraction of sp³-hybridized carbons (Fsp3) is 0.462. The van der Waals surface area contributed by atoms with Crippen molar-refractivity contribution in [2.24, 2.45) is 5.73 Å². The van der Waals surface area contributed by atoms with Crippen molar-refractivity contribution in [2.45, 2.75) is 25.4 Å². The molecule has 1 amide bonds. The van der Waals surface area contributed by atoms with Crippen LogP contribution < -0.4 is 11.1 Å². The van der Waals surface area contributed by atoms with E-state index in [1.165, 1.54) is 0 Å². The summed E-state index contributed by atoms with van der Waals surface area (Å²) in [6.45, 7) is 1.97. The SMILES string of the molecule is NCc1ccc(C(=O)NC2CCOCC2)cc1. The van der Waals surface area contributed by atoms with Gasteiger partial charge in [-0.15, -0.1) is 0 Å². The highest BCUT2D eigenvalue weighted by atomic mass is 16.5. The van der Waals surface area contributed by atoms with Gasteiger partial charge in [0, 0.05) is 31.4 Å². The van der Waals surface area contributed by atoms with E-state index in [1.54, 1.807) is 0 Å². The van der Waals surface area contributed by atoms with Crippen LogP contribution in [0, 0.1) is 0 Å². The topological polar surface area (TPSA) is 64.4 Å². The number of nitrogens with one attached hydrogen (secondary N) is 1. The Bertz CT molecular complexity index is 370. The minimum absolute atomic E-state index is 0.0135. The van der Waals surface area contributed by atoms with E-state index in [4.69, 9.17) is 10.5 Å². The Morgan fingerprint density at radius 3 is 2.53 bits per heavy atom. The van der Waals surface area contributed by atoms with Crippen LogP contribution in [0.4, 0.5) is 0 Å². The molecule has 0 aromatic heterocycles. The molecule has 17 heavy (non-hydrogen) atoms. The summed E-state index contributed by atoms with van der Waals surface area (Å²) in [6, 6.07) is 7.65. The molecule has 0 aliphatic carbocycles. The standard InChI is InChI=1S/C13H18N2O2/c14-9-10-1-3-11(4-2-10)13(16)15-12-5-7-17-8-6-12/h1-4,12H,5-9,14H2,(H,15,16). The minimum Gasteiger partial charge on any atom is -0.381 e. The van der Waals surface area contributed by atoms with Gasteiger partial charge in [-0.3, -0.25) is 4.79 Å². The molecule has 1 aromatic rings. The van der Waals surface area contributed by atoms with E-state index in [1.807, 2.05) is 24.3 Å². The molecule has 0 saturated carbocycles. The monoisotopic (exact) mass is 234 g/mol. The Kier molecular flexibility index (Phi) is 4.12. The van der Waals surface area contributed by atoms with E-state index in [0.29, 0.717) is 12.1 Å². The minimum atomic E-state index is -0.0135. The highest BCUT2D eigenvalue weighted by Gasteiger charge is 2.16. The van der Waals surface area contributed by atoms with E-state index < -0.39 is 0 Å². The fourth-order valence-electron chi connectivity index (χ4n) is 1.90. The largest absolute Gasteiger partial charge is 0.381 e. The van der Waals surface area contributed by atoms with Gasteiger partial charge in [0.05, 0.1) is 0 Å². The second-order valence-electron chi connectivity index (χ2n) is 4.26. The maximum atomic E-state index is 11.9. The van der Waals surface area contributed by atoms with Gasteiger partial charge in [0.1, 0.15) is 0 Å². The average Bonchev–Trinajstić information content (AvgIpc) is 2.40. The molecule has 92 valence electrons. The molecule has 3 N–H and O–H groups in total. The number of nitrogens with two attached hydrogens (primary N) is 1. The van der Waals surface area contributed by atoms with E-state index in [2.05, 4.69) is 5.32 Å². The number of amides is 1. The third-order valence-electron chi connectivity index (χ3n) is 3.01. The molecule has 2 rings (SSSR count). The molecule has 1 fully saturated rings. The van der Waals surface area contributed by atoms with Crippen molar-refractivity contribution >= 4 is 5.91 Å². The third-order valence-corrected chi connectivity index (χ3v) is 3.01.